The van der Waals surface area contributed by atoms with E-state index < -0.39 is 11.8 Å². The lowest BCUT2D eigenvalue weighted by Crippen LogP contribution is -2.41. The number of carbonyl (C=O) groups is 2. The van der Waals surface area contributed by atoms with Crippen molar-refractivity contribution in [3.63, 3.8) is 0 Å². The molecule has 114 valence electrons. The Hall–Kier alpha value is -1.86. The zero-order valence-corrected chi connectivity index (χ0v) is 14.8. The van der Waals surface area contributed by atoms with Gasteiger partial charge in [0.25, 0.3) is 11.8 Å². The fourth-order valence-electron chi connectivity index (χ4n) is 1.75. The number of aryl methyl sites for hydroxylation is 1. The number of hydrogen-bond acceptors (Lipinski definition) is 2. The van der Waals surface area contributed by atoms with Crippen LogP contribution in [-0.2, 0) is 11.8 Å². The molecule has 0 atom stereocenters. The molecule has 22 heavy (non-hydrogen) atoms. The normalized spacial score (nSPS) is 10.7. The molecule has 0 aliphatic carbocycles. The third kappa shape index (κ3) is 4.32. The molecule has 2 rings (SSSR count). The minimum atomic E-state index is -0.419. The van der Waals surface area contributed by atoms with Crippen LogP contribution in [0.1, 0.15) is 16.1 Å². The Morgan fingerprint density at radius 1 is 1.18 bits per heavy atom. The van der Waals surface area contributed by atoms with Gasteiger partial charge < -0.3 is 4.57 Å². The summed E-state index contributed by atoms with van der Waals surface area (Å²) in [6.45, 7) is 0. The summed E-state index contributed by atoms with van der Waals surface area (Å²) in [6, 6.07) is 9.18. The van der Waals surface area contributed by atoms with Gasteiger partial charge in [0.1, 0.15) is 5.69 Å². The van der Waals surface area contributed by atoms with E-state index in [9.17, 15) is 9.59 Å². The minimum Gasteiger partial charge on any atom is -0.345 e. The summed E-state index contributed by atoms with van der Waals surface area (Å²) in [7, 11) is 1.74. The van der Waals surface area contributed by atoms with E-state index in [1.165, 1.54) is 6.08 Å². The predicted octanol–water partition coefficient (Wildman–Crippen LogP) is 3.02. The summed E-state index contributed by atoms with van der Waals surface area (Å²) in [5, 5.41) is 0. The molecule has 0 saturated heterocycles. The highest BCUT2D eigenvalue weighted by molar-refractivity contribution is 9.10. The second-order valence-corrected chi connectivity index (χ2v) is 6.22. The quantitative estimate of drug-likeness (QED) is 0.585. The molecule has 0 spiro atoms. The van der Waals surface area contributed by atoms with Crippen LogP contribution in [0.3, 0.4) is 0 Å². The van der Waals surface area contributed by atoms with Crippen molar-refractivity contribution < 1.29 is 9.59 Å². The summed E-state index contributed by atoms with van der Waals surface area (Å²) in [4.78, 5) is 23.6. The SMILES string of the molecule is Cn1cc(Br)cc1C(=O)NNC(=O)/C=C/c1ccccc1Br. The fourth-order valence-corrected chi connectivity index (χ4v) is 2.69. The van der Waals surface area contributed by atoms with Crippen LogP contribution in [0.15, 0.2) is 51.6 Å². The number of carbonyl (C=O) groups excluding carboxylic acids is 2. The number of benzene rings is 1. The maximum absolute atomic E-state index is 11.9. The Morgan fingerprint density at radius 3 is 2.55 bits per heavy atom. The lowest BCUT2D eigenvalue weighted by Gasteiger charge is -2.06. The number of nitrogens with one attached hydrogen (secondary N) is 2. The highest BCUT2D eigenvalue weighted by atomic mass is 79.9. The number of hydrazine groups is 1. The van der Waals surface area contributed by atoms with E-state index in [1.807, 2.05) is 24.3 Å². The maximum atomic E-state index is 11.9. The maximum Gasteiger partial charge on any atom is 0.286 e. The van der Waals surface area contributed by atoms with E-state index in [2.05, 4.69) is 42.7 Å². The van der Waals surface area contributed by atoms with Gasteiger partial charge in [-0.15, -0.1) is 0 Å². The molecule has 0 bridgehead atoms. The van der Waals surface area contributed by atoms with Gasteiger partial charge in [-0.05, 0) is 39.7 Å². The van der Waals surface area contributed by atoms with Gasteiger partial charge in [0.05, 0.1) is 0 Å². The van der Waals surface area contributed by atoms with Crippen molar-refractivity contribution in [3.8, 4) is 0 Å². The van der Waals surface area contributed by atoms with Crippen LogP contribution in [0.2, 0.25) is 0 Å². The first kappa shape index (κ1) is 16.5. The molecular formula is C15H13Br2N3O2. The zero-order valence-electron chi connectivity index (χ0n) is 11.6. The molecule has 0 aliphatic rings. The molecule has 0 saturated carbocycles. The van der Waals surface area contributed by atoms with Crippen LogP contribution in [0.5, 0.6) is 0 Å². The molecule has 0 aliphatic heterocycles. The molecule has 7 heteroatoms. The number of aromatic nitrogens is 1. The van der Waals surface area contributed by atoms with E-state index in [-0.39, 0.29) is 0 Å². The summed E-state index contributed by atoms with van der Waals surface area (Å²) in [5.74, 6) is -0.812. The molecule has 2 aromatic rings. The molecule has 0 radical (unpaired) electrons. The van der Waals surface area contributed by atoms with Crippen molar-refractivity contribution in [2.45, 2.75) is 0 Å². The Bertz CT molecular complexity index is 738. The van der Waals surface area contributed by atoms with E-state index in [1.54, 1.807) is 30.0 Å². The number of halogens is 2. The van der Waals surface area contributed by atoms with Crippen molar-refractivity contribution >= 4 is 49.8 Å². The summed E-state index contributed by atoms with van der Waals surface area (Å²) < 4.78 is 3.33. The molecular weight excluding hydrogens is 414 g/mol. The van der Waals surface area contributed by atoms with E-state index in [4.69, 9.17) is 0 Å². The van der Waals surface area contributed by atoms with Crippen molar-refractivity contribution in [2.75, 3.05) is 0 Å². The van der Waals surface area contributed by atoms with E-state index >= 15 is 0 Å². The van der Waals surface area contributed by atoms with Gasteiger partial charge in [0.15, 0.2) is 0 Å². The van der Waals surface area contributed by atoms with Gasteiger partial charge in [-0.1, -0.05) is 34.1 Å². The van der Waals surface area contributed by atoms with Crippen LogP contribution in [0, 0.1) is 0 Å². The Morgan fingerprint density at radius 2 is 1.91 bits per heavy atom. The Labute approximate surface area is 144 Å². The molecule has 0 unspecified atom stereocenters. The highest BCUT2D eigenvalue weighted by Crippen LogP contribution is 2.17. The number of rotatable bonds is 3. The standard InChI is InChI=1S/C15H13Br2N3O2/c1-20-9-11(16)8-13(20)15(22)19-18-14(21)7-6-10-4-2-3-5-12(10)17/h2-9H,1H3,(H,18,21)(H,19,22)/b7-6+. The van der Waals surface area contributed by atoms with Crippen LogP contribution >= 0.6 is 31.9 Å². The van der Waals surface area contributed by atoms with Crippen molar-refractivity contribution in [1.82, 2.24) is 15.4 Å². The minimum absolute atomic E-state index is 0.393. The molecule has 1 heterocycles. The topological polar surface area (TPSA) is 63.1 Å². The largest absolute Gasteiger partial charge is 0.345 e. The Kier molecular flexibility index (Phi) is 5.57. The van der Waals surface area contributed by atoms with Gasteiger partial charge in [-0.3, -0.25) is 20.4 Å². The first-order valence-corrected chi connectivity index (χ1v) is 7.91. The monoisotopic (exact) mass is 425 g/mol. The molecule has 5 nitrogen and oxygen atoms in total. The lowest BCUT2D eigenvalue weighted by atomic mass is 10.2. The average molecular weight is 427 g/mol. The number of amides is 2. The van der Waals surface area contributed by atoms with Gasteiger partial charge in [0.2, 0.25) is 0 Å². The molecule has 1 aromatic heterocycles. The van der Waals surface area contributed by atoms with Crippen molar-refractivity contribution in [2.24, 2.45) is 7.05 Å². The molecule has 2 amide bonds. The van der Waals surface area contributed by atoms with Crippen LogP contribution < -0.4 is 10.9 Å². The smallest absolute Gasteiger partial charge is 0.286 e. The zero-order chi connectivity index (χ0) is 16.1. The molecule has 1 aromatic carbocycles. The predicted molar refractivity (Wildman–Crippen MR) is 91.9 cm³/mol. The Balaban J connectivity index is 1.92. The van der Waals surface area contributed by atoms with E-state index in [0.717, 1.165) is 14.5 Å². The number of nitrogens with zero attached hydrogens (tertiary/aromatic N) is 1. The molecule has 2 N–H and O–H groups in total. The summed E-state index contributed by atoms with van der Waals surface area (Å²) >= 11 is 6.67. The van der Waals surface area contributed by atoms with E-state index in [0.29, 0.717) is 5.69 Å². The average Bonchev–Trinajstić information content (AvgIpc) is 2.82. The third-order valence-electron chi connectivity index (χ3n) is 2.82. The first-order valence-electron chi connectivity index (χ1n) is 6.32. The molecule has 0 fully saturated rings. The first-order chi connectivity index (χ1) is 10.5. The second kappa shape index (κ2) is 7.42. The lowest BCUT2D eigenvalue weighted by molar-refractivity contribution is -0.117. The van der Waals surface area contributed by atoms with Gasteiger partial charge in [-0.2, -0.15) is 0 Å². The fraction of sp³-hybridized carbons (Fsp3) is 0.0667. The van der Waals surface area contributed by atoms with Crippen LogP contribution in [-0.4, -0.2) is 16.4 Å². The third-order valence-corrected chi connectivity index (χ3v) is 3.98. The van der Waals surface area contributed by atoms with Gasteiger partial charge >= 0.3 is 0 Å². The van der Waals surface area contributed by atoms with Crippen LogP contribution in [0.4, 0.5) is 0 Å². The summed E-state index contributed by atoms with van der Waals surface area (Å²) in [5.41, 5.74) is 6.00. The summed E-state index contributed by atoms with van der Waals surface area (Å²) in [6.07, 6.45) is 4.76. The second-order valence-electron chi connectivity index (χ2n) is 4.45. The van der Waals surface area contributed by atoms with Gasteiger partial charge in [-0.25, -0.2) is 0 Å². The number of hydrogen-bond donors (Lipinski definition) is 2. The van der Waals surface area contributed by atoms with Crippen molar-refractivity contribution in [1.29, 1.82) is 0 Å². The van der Waals surface area contributed by atoms with Crippen molar-refractivity contribution in [3.05, 3.63) is 62.8 Å². The van der Waals surface area contributed by atoms with Crippen LogP contribution in [0.25, 0.3) is 6.08 Å². The van der Waals surface area contributed by atoms with Gasteiger partial charge in [0, 0.05) is 28.3 Å². The highest BCUT2D eigenvalue weighted by Gasteiger charge is 2.11.